The van der Waals surface area contributed by atoms with Crippen molar-refractivity contribution in [3.05, 3.63) is 93.1 Å². The highest BCUT2D eigenvalue weighted by Gasteiger charge is 2.29. The zero-order chi connectivity index (χ0) is 16.5. The lowest BCUT2D eigenvalue weighted by molar-refractivity contribution is 0.101. The third kappa shape index (κ3) is 2.50. The van der Waals surface area contributed by atoms with Gasteiger partial charge in [0, 0.05) is 32.0 Å². The van der Waals surface area contributed by atoms with Crippen LogP contribution >= 0.6 is 22.7 Å². The predicted octanol–water partition coefficient (Wildman–Crippen LogP) is 5.43. The van der Waals surface area contributed by atoms with Gasteiger partial charge in [0.25, 0.3) is 0 Å². The molecule has 4 rings (SSSR count). The molecule has 0 spiro atoms. The van der Waals surface area contributed by atoms with Crippen molar-refractivity contribution in [3.63, 3.8) is 0 Å². The number of hydrogen-bond donors (Lipinski definition) is 0. The molecule has 4 heteroatoms. The molecule has 2 heterocycles. The van der Waals surface area contributed by atoms with Crippen molar-refractivity contribution in [1.82, 2.24) is 0 Å². The average Bonchev–Trinajstić information content (AvgIpc) is 3.12. The molecule has 2 bridgehead atoms. The van der Waals surface area contributed by atoms with Crippen LogP contribution < -0.4 is 0 Å². The SMILES string of the molecule is O=C1C2=CC(=C/C=C\C=C/C=C\C=C/2)\C(=O)c2c1sc1cscc21. The molecule has 0 fully saturated rings. The van der Waals surface area contributed by atoms with Crippen molar-refractivity contribution < 1.29 is 9.59 Å². The van der Waals surface area contributed by atoms with Crippen LogP contribution in [0.2, 0.25) is 0 Å². The monoisotopic (exact) mass is 348 g/mol. The van der Waals surface area contributed by atoms with E-state index < -0.39 is 0 Å². The second kappa shape index (κ2) is 6.15. The Bertz CT molecular complexity index is 1030. The lowest BCUT2D eigenvalue weighted by atomic mass is 10.0. The molecular formula is C20H12O2S2. The number of ketones is 2. The van der Waals surface area contributed by atoms with Crippen molar-refractivity contribution in [2.24, 2.45) is 0 Å². The van der Waals surface area contributed by atoms with Crippen LogP contribution in [0.25, 0.3) is 10.1 Å². The number of carbonyl (C=O) groups excluding carboxylic acids is 2. The van der Waals surface area contributed by atoms with Crippen LogP contribution in [0.15, 0.2) is 82.7 Å². The quantitative estimate of drug-likeness (QED) is 0.636. The molecule has 2 nitrogen and oxygen atoms in total. The smallest absolute Gasteiger partial charge is 0.203 e. The molecule has 2 aliphatic rings. The Morgan fingerprint density at radius 2 is 1.50 bits per heavy atom. The zero-order valence-corrected chi connectivity index (χ0v) is 14.2. The second-order valence-corrected chi connectivity index (χ2v) is 7.15. The number of thiophene rings is 2. The Kier molecular flexibility index (Phi) is 3.84. The van der Waals surface area contributed by atoms with Gasteiger partial charge >= 0.3 is 0 Å². The van der Waals surface area contributed by atoms with Crippen LogP contribution in [-0.2, 0) is 0 Å². The molecule has 0 saturated carbocycles. The number of carbonyl (C=O) groups is 2. The van der Waals surface area contributed by atoms with Crippen LogP contribution in [-0.4, -0.2) is 11.6 Å². The van der Waals surface area contributed by atoms with Crippen LogP contribution in [0.4, 0.5) is 0 Å². The van der Waals surface area contributed by atoms with Crippen molar-refractivity contribution in [1.29, 1.82) is 0 Å². The maximum absolute atomic E-state index is 13.0. The Morgan fingerprint density at radius 1 is 0.750 bits per heavy atom. The fraction of sp³-hybridized carbons (Fsp3) is 0. The number of fused-ring (bicyclic) bond motifs is 4. The first-order valence-corrected chi connectivity index (χ1v) is 9.20. The van der Waals surface area contributed by atoms with Crippen LogP contribution in [0.1, 0.15) is 20.0 Å². The van der Waals surface area contributed by atoms with E-state index in [2.05, 4.69) is 0 Å². The third-order valence-electron chi connectivity index (χ3n) is 3.82. The number of Topliss-reactive ketones (excluding diaryl/α,β-unsaturated/α-hetero) is 2. The summed E-state index contributed by atoms with van der Waals surface area (Å²) in [5, 5.41) is 4.82. The molecule has 0 N–H and O–H groups in total. The van der Waals surface area contributed by atoms with Gasteiger partial charge in [0.05, 0.1) is 10.4 Å². The number of hydrogen-bond acceptors (Lipinski definition) is 4. The van der Waals surface area contributed by atoms with Gasteiger partial charge in [-0.25, -0.2) is 0 Å². The van der Waals surface area contributed by atoms with Crippen molar-refractivity contribution >= 4 is 44.3 Å². The highest BCUT2D eigenvalue weighted by atomic mass is 32.1. The number of rotatable bonds is 0. The van der Waals surface area contributed by atoms with E-state index in [0.717, 1.165) is 10.1 Å². The Hall–Kier alpha value is -2.56. The molecule has 116 valence electrons. The molecule has 2 aromatic heterocycles. The van der Waals surface area contributed by atoms with E-state index in [0.29, 0.717) is 21.6 Å². The minimum Gasteiger partial charge on any atom is -0.289 e. The standard InChI is InChI=1S/C20H12O2S2/c21-18-13-8-6-4-2-1-3-5-7-9-14(10-13)19(22)20-17(18)15-11-23-12-16(15)24-20/h1-12H/b2-1-,3-1?,4-2?,5-3-,6-4-,7-5?,8-6?,9-7-,13-8+,14-9?. The highest BCUT2D eigenvalue weighted by molar-refractivity contribution is 7.24. The molecule has 0 aromatic carbocycles. The van der Waals surface area contributed by atoms with Crippen LogP contribution in [0.3, 0.4) is 0 Å². The molecule has 0 saturated heterocycles. The average molecular weight is 348 g/mol. The summed E-state index contributed by atoms with van der Waals surface area (Å²) in [4.78, 5) is 26.5. The number of allylic oxidation sites excluding steroid dienone is 12. The first-order chi connectivity index (χ1) is 11.8. The van der Waals surface area contributed by atoms with Crippen LogP contribution in [0, 0.1) is 0 Å². The molecule has 0 atom stereocenters. The van der Waals surface area contributed by atoms with Crippen molar-refractivity contribution in [3.8, 4) is 0 Å². The van der Waals surface area contributed by atoms with Gasteiger partial charge in [-0.15, -0.1) is 11.3 Å². The van der Waals surface area contributed by atoms with Gasteiger partial charge in [0.15, 0.2) is 5.78 Å². The minimum absolute atomic E-state index is 0.0887. The molecule has 24 heavy (non-hydrogen) atoms. The maximum atomic E-state index is 13.0. The van der Waals surface area contributed by atoms with E-state index in [4.69, 9.17) is 0 Å². The fourth-order valence-electron chi connectivity index (χ4n) is 2.68. The predicted molar refractivity (Wildman–Crippen MR) is 101 cm³/mol. The summed E-state index contributed by atoms with van der Waals surface area (Å²) in [5.41, 5.74) is 1.60. The maximum Gasteiger partial charge on any atom is 0.203 e. The lowest BCUT2D eigenvalue weighted by Gasteiger charge is -1.98. The first-order valence-electron chi connectivity index (χ1n) is 7.44. The van der Waals surface area contributed by atoms with Gasteiger partial charge in [-0.2, -0.15) is 11.3 Å². The van der Waals surface area contributed by atoms with E-state index in [1.807, 2.05) is 53.3 Å². The van der Waals surface area contributed by atoms with Gasteiger partial charge in [0.1, 0.15) is 0 Å². The molecule has 0 amide bonds. The second-order valence-electron chi connectivity index (χ2n) is 5.35. The normalized spacial score (nSPS) is 24.7. The van der Waals surface area contributed by atoms with Gasteiger partial charge < -0.3 is 0 Å². The fourth-order valence-corrected chi connectivity index (χ4v) is 4.82. The van der Waals surface area contributed by atoms with E-state index >= 15 is 0 Å². The first kappa shape index (κ1) is 15.0. The van der Waals surface area contributed by atoms with Crippen molar-refractivity contribution in [2.75, 3.05) is 0 Å². The summed E-state index contributed by atoms with van der Waals surface area (Å²) in [6, 6.07) is 0. The van der Waals surface area contributed by atoms with Gasteiger partial charge in [-0.1, -0.05) is 54.7 Å². The molecule has 2 aliphatic carbocycles. The van der Waals surface area contributed by atoms with E-state index in [1.54, 1.807) is 29.6 Å². The van der Waals surface area contributed by atoms with Gasteiger partial charge in [-0.3, -0.25) is 9.59 Å². The van der Waals surface area contributed by atoms with E-state index in [9.17, 15) is 9.59 Å². The molecule has 0 aliphatic heterocycles. The lowest BCUT2D eigenvalue weighted by Crippen LogP contribution is -2.03. The van der Waals surface area contributed by atoms with E-state index in [-0.39, 0.29) is 11.6 Å². The third-order valence-corrected chi connectivity index (χ3v) is 5.87. The zero-order valence-electron chi connectivity index (χ0n) is 12.6. The van der Waals surface area contributed by atoms with Crippen molar-refractivity contribution in [2.45, 2.75) is 0 Å². The summed E-state index contributed by atoms with van der Waals surface area (Å²) < 4.78 is 0.996. The molecular weight excluding hydrogens is 336 g/mol. The van der Waals surface area contributed by atoms with Gasteiger partial charge in [0.2, 0.25) is 5.78 Å². The summed E-state index contributed by atoms with van der Waals surface area (Å²) >= 11 is 2.95. The summed E-state index contributed by atoms with van der Waals surface area (Å²) in [5.74, 6) is -0.179. The Morgan fingerprint density at radius 3 is 2.33 bits per heavy atom. The topological polar surface area (TPSA) is 34.1 Å². The summed E-state index contributed by atoms with van der Waals surface area (Å²) in [6.45, 7) is 0. The Labute approximate surface area is 147 Å². The minimum atomic E-state index is -0.0902. The summed E-state index contributed by atoms with van der Waals surface area (Å²) in [6.07, 6.45) is 18.3. The van der Waals surface area contributed by atoms with Crippen LogP contribution in [0.5, 0.6) is 0 Å². The molecule has 0 unspecified atom stereocenters. The van der Waals surface area contributed by atoms with E-state index in [1.165, 1.54) is 11.3 Å². The largest absolute Gasteiger partial charge is 0.289 e. The summed E-state index contributed by atoms with van der Waals surface area (Å²) in [7, 11) is 0. The van der Waals surface area contributed by atoms with Gasteiger partial charge in [-0.05, 0) is 6.08 Å². The molecule has 0 radical (unpaired) electrons. The molecule has 2 aromatic rings. The Balaban J connectivity index is 1.99. The highest BCUT2D eigenvalue weighted by Crippen LogP contribution is 2.38.